The van der Waals surface area contributed by atoms with Crippen LogP contribution >= 0.6 is 24.0 Å². The van der Waals surface area contributed by atoms with E-state index in [1.807, 2.05) is 32.6 Å². The quantitative estimate of drug-likeness (QED) is 0.346. The number of benzene rings is 1. The van der Waals surface area contributed by atoms with Crippen LogP contribution in [0.15, 0.2) is 27.6 Å². The first-order valence-electron chi connectivity index (χ1n) is 10.4. The van der Waals surface area contributed by atoms with Crippen molar-refractivity contribution in [1.82, 2.24) is 15.5 Å². The Bertz CT molecular complexity index is 889. The molecule has 0 bridgehead atoms. The number of hydrogen-bond acceptors (Lipinski definition) is 3. The van der Waals surface area contributed by atoms with Crippen molar-refractivity contribution < 1.29 is 13.6 Å². The van der Waals surface area contributed by atoms with Crippen molar-refractivity contribution in [2.45, 2.75) is 53.1 Å². The fourth-order valence-corrected chi connectivity index (χ4v) is 3.67. The van der Waals surface area contributed by atoms with Gasteiger partial charge in [0, 0.05) is 42.5 Å². The molecular formula is C22H32FIN4O2. The maximum atomic E-state index is 13.5. The molecule has 30 heavy (non-hydrogen) atoms. The van der Waals surface area contributed by atoms with Gasteiger partial charge in [-0.2, -0.15) is 0 Å². The molecule has 1 aliphatic rings. The van der Waals surface area contributed by atoms with E-state index in [9.17, 15) is 9.18 Å². The van der Waals surface area contributed by atoms with E-state index >= 15 is 0 Å². The predicted molar refractivity (Wildman–Crippen MR) is 129 cm³/mol. The van der Waals surface area contributed by atoms with Crippen LogP contribution in [0.1, 0.15) is 44.9 Å². The summed E-state index contributed by atoms with van der Waals surface area (Å²) < 4.78 is 19.4. The highest BCUT2D eigenvalue weighted by atomic mass is 127. The molecule has 1 amide bonds. The Hall–Kier alpha value is -1.84. The first kappa shape index (κ1) is 24.4. The van der Waals surface area contributed by atoms with Gasteiger partial charge < -0.3 is 20.0 Å². The lowest BCUT2D eigenvalue weighted by Gasteiger charge is -2.34. The molecule has 1 aromatic carbocycles. The van der Waals surface area contributed by atoms with E-state index in [0.717, 1.165) is 55.1 Å². The van der Waals surface area contributed by atoms with E-state index < -0.39 is 0 Å². The van der Waals surface area contributed by atoms with Crippen molar-refractivity contribution >= 4 is 46.8 Å². The Balaban J connectivity index is 0.00000320. The summed E-state index contributed by atoms with van der Waals surface area (Å²) >= 11 is 0. The predicted octanol–water partition coefficient (Wildman–Crippen LogP) is 4.20. The summed E-state index contributed by atoms with van der Waals surface area (Å²) in [5, 5.41) is 7.54. The molecule has 0 spiro atoms. The lowest BCUT2D eigenvalue weighted by molar-refractivity contribution is -0.135. The summed E-state index contributed by atoms with van der Waals surface area (Å²) in [6.45, 7) is 10.5. The third-order valence-electron chi connectivity index (χ3n) is 5.36. The Kier molecular flexibility index (Phi) is 8.93. The second-order valence-electron chi connectivity index (χ2n) is 7.88. The summed E-state index contributed by atoms with van der Waals surface area (Å²) in [6.07, 6.45) is 1.79. The number of carbonyl (C=O) groups excluding carboxylic acids is 1. The van der Waals surface area contributed by atoms with Crippen molar-refractivity contribution in [3.8, 4) is 0 Å². The standard InChI is InChI=1S/C22H31FN4O2.HI/c1-5-24-22(26-17-8-10-27(11-9-17)21(28)14(2)3)25-13-20-15(4)18-12-16(23)6-7-19(18)29-20;/h6-7,12,14,17H,5,8-11,13H2,1-4H3,(H2,24,25,26);1H. The van der Waals surface area contributed by atoms with Gasteiger partial charge in [-0.1, -0.05) is 13.8 Å². The molecule has 1 aromatic heterocycles. The fourth-order valence-electron chi connectivity index (χ4n) is 3.67. The zero-order valence-corrected chi connectivity index (χ0v) is 20.5. The summed E-state index contributed by atoms with van der Waals surface area (Å²) in [5.74, 6) is 1.46. The van der Waals surface area contributed by atoms with Gasteiger partial charge in [0.15, 0.2) is 5.96 Å². The number of nitrogens with one attached hydrogen (secondary N) is 2. The van der Waals surface area contributed by atoms with Crippen LogP contribution in [-0.2, 0) is 11.3 Å². The molecular weight excluding hydrogens is 498 g/mol. The summed E-state index contributed by atoms with van der Waals surface area (Å²) in [4.78, 5) is 18.8. The van der Waals surface area contributed by atoms with E-state index in [0.29, 0.717) is 12.1 Å². The normalized spacial score (nSPS) is 15.4. The van der Waals surface area contributed by atoms with Crippen LogP contribution in [0.25, 0.3) is 11.0 Å². The monoisotopic (exact) mass is 530 g/mol. The van der Waals surface area contributed by atoms with E-state index in [1.165, 1.54) is 12.1 Å². The minimum Gasteiger partial charge on any atom is -0.459 e. The van der Waals surface area contributed by atoms with E-state index in [-0.39, 0.29) is 47.7 Å². The van der Waals surface area contributed by atoms with Gasteiger partial charge in [0.05, 0.1) is 0 Å². The molecule has 0 aliphatic carbocycles. The fraction of sp³-hybridized carbons (Fsp3) is 0.545. The highest BCUT2D eigenvalue weighted by molar-refractivity contribution is 14.0. The molecule has 1 saturated heterocycles. The number of nitrogens with zero attached hydrogens (tertiary/aromatic N) is 2. The van der Waals surface area contributed by atoms with Gasteiger partial charge in [0.1, 0.15) is 23.7 Å². The Morgan fingerprint density at radius 2 is 2.03 bits per heavy atom. The molecule has 6 nitrogen and oxygen atoms in total. The largest absolute Gasteiger partial charge is 0.459 e. The number of amides is 1. The second-order valence-corrected chi connectivity index (χ2v) is 7.88. The van der Waals surface area contributed by atoms with Crippen LogP contribution in [-0.4, -0.2) is 42.4 Å². The second kappa shape index (κ2) is 11.0. The lowest BCUT2D eigenvalue weighted by Crippen LogP contribution is -2.50. The number of halogens is 2. The number of likely N-dealkylation sites (tertiary alicyclic amines) is 1. The Morgan fingerprint density at radius 1 is 1.33 bits per heavy atom. The lowest BCUT2D eigenvalue weighted by atomic mass is 10.0. The molecule has 0 radical (unpaired) electrons. The average Bonchev–Trinajstić information content (AvgIpc) is 3.01. The molecule has 0 saturated carbocycles. The molecule has 1 aliphatic heterocycles. The number of carbonyl (C=O) groups is 1. The molecule has 2 aromatic rings. The number of fused-ring (bicyclic) bond motifs is 1. The van der Waals surface area contributed by atoms with Crippen molar-refractivity contribution in [3.05, 3.63) is 35.3 Å². The Labute approximate surface area is 194 Å². The maximum absolute atomic E-state index is 13.5. The van der Waals surface area contributed by atoms with Crippen molar-refractivity contribution in [2.24, 2.45) is 10.9 Å². The van der Waals surface area contributed by atoms with Gasteiger partial charge in [0.25, 0.3) is 0 Å². The number of piperidine rings is 1. The van der Waals surface area contributed by atoms with Crippen molar-refractivity contribution in [3.63, 3.8) is 0 Å². The van der Waals surface area contributed by atoms with Gasteiger partial charge in [0.2, 0.25) is 5.91 Å². The molecule has 3 rings (SSSR count). The SMILES string of the molecule is CCNC(=NCc1oc2ccc(F)cc2c1C)NC1CCN(C(=O)C(C)C)CC1.I. The molecule has 8 heteroatoms. The number of furan rings is 1. The first-order chi connectivity index (χ1) is 13.9. The van der Waals surface area contributed by atoms with Crippen LogP contribution in [0.4, 0.5) is 4.39 Å². The highest BCUT2D eigenvalue weighted by Crippen LogP contribution is 2.26. The van der Waals surface area contributed by atoms with Crippen LogP contribution < -0.4 is 10.6 Å². The molecule has 1 fully saturated rings. The van der Waals surface area contributed by atoms with Crippen molar-refractivity contribution in [2.75, 3.05) is 19.6 Å². The maximum Gasteiger partial charge on any atom is 0.225 e. The van der Waals surface area contributed by atoms with Crippen LogP contribution in [0, 0.1) is 18.7 Å². The smallest absolute Gasteiger partial charge is 0.225 e. The summed E-state index contributed by atoms with van der Waals surface area (Å²) in [6, 6.07) is 4.83. The highest BCUT2D eigenvalue weighted by Gasteiger charge is 2.24. The average molecular weight is 530 g/mol. The molecule has 2 N–H and O–H groups in total. The molecule has 0 unspecified atom stereocenters. The van der Waals surface area contributed by atoms with Gasteiger partial charge in [-0.25, -0.2) is 9.38 Å². The zero-order valence-electron chi connectivity index (χ0n) is 18.1. The summed E-state index contributed by atoms with van der Waals surface area (Å²) in [7, 11) is 0. The minimum atomic E-state index is -0.270. The van der Waals surface area contributed by atoms with Crippen LogP contribution in [0.5, 0.6) is 0 Å². The van der Waals surface area contributed by atoms with Crippen molar-refractivity contribution in [1.29, 1.82) is 0 Å². The third kappa shape index (κ3) is 5.86. The minimum absolute atomic E-state index is 0. The number of hydrogen-bond donors (Lipinski definition) is 2. The van der Waals surface area contributed by atoms with E-state index in [4.69, 9.17) is 4.42 Å². The Morgan fingerprint density at radius 3 is 2.67 bits per heavy atom. The van der Waals surface area contributed by atoms with Gasteiger partial charge in [-0.15, -0.1) is 24.0 Å². The third-order valence-corrected chi connectivity index (χ3v) is 5.36. The van der Waals surface area contributed by atoms with E-state index in [2.05, 4.69) is 15.6 Å². The topological polar surface area (TPSA) is 69.9 Å². The van der Waals surface area contributed by atoms with Gasteiger partial charge in [-0.05, 0) is 44.9 Å². The zero-order chi connectivity index (χ0) is 21.0. The number of aliphatic imine (C=N–C) groups is 1. The molecule has 0 atom stereocenters. The summed E-state index contributed by atoms with van der Waals surface area (Å²) in [5.41, 5.74) is 1.59. The van der Waals surface area contributed by atoms with Crippen LogP contribution in [0.3, 0.4) is 0 Å². The van der Waals surface area contributed by atoms with Gasteiger partial charge in [-0.3, -0.25) is 4.79 Å². The van der Waals surface area contributed by atoms with Crippen LogP contribution in [0.2, 0.25) is 0 Å². The van der Waals surface area contributed by atoms with E-state index in [1.54, 1.807) is 6.07 Å². The first-order valence-corrected chi connectivity index (χ1v) is 10.4. The number of aryl methyl sites for hydroxylation is 1. The van der Waals surface area contributed by atoms with Gasteiger partial charge >= 0.3 is 0 Å². The number of rotatable bonds is 5. The molecule has 2 heterocycles. The molecule has 166 valence electrons. The number of guanidine groups is 1.